The van der Waals surface area contributed by atoms with Gasteiger partial charge in [0.2, 0.25) is 5.91 Å². The zero-order chi connectivity index (χ0) is 14.5. The van der Waals surface area contributed by atoms with Crippen LogP contribution in [-0.4, -0.2) is 5.91 Å². The Morgan fingerprint density at radius 2 is 2.05 bits per heavy atom. The summed E-state index contributed by atoms with van der Waals surface area (Å²) in [6.45, 7) is 2.05. The van der Waals surface area contributed by atoms with E-state index in [1.165, 1.54) is 11.3 Å². The van der Waals surface area contributed by atoms with Crippen LogP contribution in [0, 0.1) is 0 Å². The third-order valence-electron chi connectivity index (χ3n) is 3.13. The number of benzene rings is 1. The Balaban J connectivity index is 2.06. The van der Waals surface area contributed by atoms with E-state index in [0.717, 1.165) is 21.3 Å². The maximum Gasteiger partial charge on any atom is 0.242 e. The molecule has 1 heterocycles. The average molecular weight is 353 g/mol. The van der Waals surface area contributed by atoms with Gasteiger partial charge in [0, 0.05) is 9.35 Å². The molecule has 0 aliphatic rings. The van der Waals surface area contributed by atoms with E-state index < -0.39 is 6.04 Å². The molecule has 0 spiro atoms. The maximum absolute atomic E-state index is 12.2. The first-order valence-electron chi connectivity index (χ1n) is 6.46. The number of hydrogen-bond donors (Lipinski definition) is 2. The van der Waals surface area contributed by atoms with Crippen molar-refractivity contribution in [3.8, 4) is 0 Å². The van der Waals surface area contributed by atoms with Gasteiger partial charge >= 0.3 is 0 Å². The molecule has 2 aromatic rings. The van der Waals surface area contributed by atoms with Crippen molar-refractivity contribution >= 4 is 33.2 Å². The molecule has 2 rings (SSSR count). The summed E-state index contributed by atoms with van der Waals surface area (Å²) in [5.41, 5.74) is 7.06. The van der Waals surface area contributed by atoms with E-state index in [1.807, 2.05) is 48.7 Å². The fourth-order valence-electron chi connectivity index (χ4n) is 1.98. The summed E-state index contributed by atoms with van der Waals surface area (Å²) in [5, 5.41) is 4.94. The highest BCUT2D eigenvalue weighted by Crippen LogP contribution is 2.22. The molecule has 1 aromatic carbocycles. The van der Waals surface area contributed by atoms with Crippen molar-refractivity contribution in [3.05, 3.63) is 56.7 Å². The average Bonchev–Trinajstić information content (AvgIpc) is 2.99. The Kier molecular flexibility index (Phi) is 5.34. The molecule has 20 heavy (non-hydrogen) atoms. The fraction of sp³-hybridized carbons (Fsp3) is 0.267. The van der Waals surface area contributed by atoms with Gasteiger partial charge in [-0.25, -0.2) is 0 Å². The number of thiophene rings is 1. The van der Waals surface area contributed by atoms with Gasteiger partial charge in [-0.3, -0.25) is 4.79 Å². The molecule has 0 radical (unpaired) electrons. The van der Waals surface area contributed by atoms with Crippen molar-refractivity contribution in [1.29, 1.82) is 0 Å². The van der Waals surface area contributed by atoms with Gasteiger partial charge in [0.15, 0.2) is 0 Å². The zero-order valence-corrected chi connectivity index (χ0v) is 13.6. The molecule has 0 saturated carbocycles. The zero-order valence-electron chi connectivity index (χ0n) is 11.2. The third kappa shape index (κ3) is 3.69. The summed E-state index contributed by atoms with van der Waals surface area (Å²) in [7, 11) is 0. The normalized spacial score (nSPS) is 13.8. The van der Waals surface area contributed by atoms with Gasteiger partial charge in [0.25, 0.3) is 0 Å². The van der Waals surface area contributed by atoms with Crippen molar-refractivity contribution in [1.82, 2.24) is 5.32 Å². The van der Waals surface area contributed by atoms with E-state index in [-0.39, 0.29) is 11.9 Å². The number of carbonyl (C=O) groups excluding carboxylic acids is 1. The summed E-state index contributed by atoms with van der Waals surface area (Å²) in [4.78, 5) is 13.1. The highest BCUT2D eigenvalue weighted by Gasteiger charge is 2.20. The van der Waals surface area contributed by atoms with Crippen LogP contribution in [-0.2, 0) is 4.79 Å². The second-order valence-corrected chi connectivity index (χ2v) is 6.41. The smallest absolute Gasteiger partial charge is 0.242 e. The Bertz CT molecular complexity index is 554. The van der Waals surface area contributed by atoms with E-state index in [9.17, 15) is 4.79 Å². The highest BCUT2D eigenvalue weighted by atomic mass is 79.9. The monoisotopic (exact) mass is 352 g/mol. The summed E-state index contributed by atoms with van der Waals surface area (Å²) in [6, 6.07) is 11.1. The van der Waals surface area contributed by atoms with Crippen LogP contribution in [0.3, 0.4) is 0 Å². The molecule has 0 aliphatic heterocycles. The van der Waals surface area contributed by atoms with Crippen molar-refractivity contribution in [2.24, 2.45) is 5.73 Å². The Labute approximate surface area is 131 Å². The summed E-state index contributed by atoms with van der Waals surface area (Å²) in [5.74, 6) is -0.137. The summed E-state index contributed by atoms with van der Waals surface area (Å²) < 4.78 is 1.03. The minimum absolute atomic E-state index is 0.0124. The lowest BCUT2D eigenvalue weighted by molar-refractivity contribution is -0.123. The molecule has 0 saturated heterocycles. The van der Waals surface area contributed by atoms with Crippen LogP contribution in [0.4, 0.5) is 0 Å². The molecule has 5 heteroatoms. The van der Waals surface area contributed by atoms with Crippen LogP contribution in [0.1, 0.15) is 35.9 Å². The molecule has 1 amide bonds. The minimum Gasteiger partial charge on any atom is -0.348 e. The van der Waals surface area contributed by atoms with E-state index in [2.05, 4.69) is 21.2 Å². The van der Waals surface area contributed by atoms with Crippen LogP contribution in [0.15, 0.2) is 46.3 Å². The second kappa shape index (κ2) is 7.02. The first kappa shape index (κ1) is 15.2. The third-order valence-corrected chi connectivity index (χ3v) is 4.61. The fourth-order valence-corrected chi connectivity index (χ4v) is 2.96. The molecule has 0 fully saturated rings. The Hall–Kier alpha value is -1.17. The first-order valence-corrected chi connectivity index (χ1v) is 8.14. The number of hydrogen-bond acceptors (Lipinski definition) is 3. The van der Waals surface area contributed by atoms with Crippen molar-refractivity contribution in [2.75, 3.05) is 0 Å². The van der Waals surface area contributed by atoms with Crippen LogP contribution in [0.5, 0.6) is 0 Å². The lowest BCUT2D eigenvalue weighted by Gasteiger charge is -2.20. The van der Waals surface area contributed by atoms with Gasteiger partial charge < -0.3 is 11.1 Å². The lowest BCUT2D eigenvalue weighted by Crippen LogP contribution is -2.36. The number of rotatable bonds is 5. The molecule has 106 valence electrons. The van der Waals surface area contributed by atoms with Gasteiger partial charge in [0.1, 0.15) is 6.04 Å². The summed E-state index contributed by atoms with van der Waals surface area (Å²) in [6.07, 6.45) is 0.824. The van der Waals surface area contributed by atoms with Gasteiger partial charge in [0.05, 0.1) is 6.04 Å². The van der Waals surface area contributed by atoms with Crippen molar-refractivity contribution in [2.45, 2.75) is 25.4 Å². The number of halogens is 1. The van der Waals surface area contributed by atoms with Crippen molar-refractivity contribution in [3.63, 3.8) is 0 Å². The molecule has 1 aromatic heterocycles. The predicted octanol–water partition coefficient (Wildman–Crippen LogP) is 3.78. The van der Waals surface area contributed by atoms with Gasteiger partial charge in [-0.15, -0.1) is 11.3 Å². The lowest BCUT2D eigenvalue weighted by atomic mass is 10.0. The van der Waals surface area contributed by atoms with Crippen LogP contribution < -0.4 is 11.1 Å². The van der Waals surface area contributed by atoms with Gasteiger partial charge in [-0.1, -0.05) is 41.1 Å². The number of carbonyl (C=O) groups is 1. The second-order valence-electron chi connectivity index (χ2n) is 4.51. The number of nitrogens with two attached hydrogens (primary N) is 1. The SMILES string of the molecule is CCC(NC(=O)C(N)c1cccs1)c1ccc(Br)cc1. The van der Waals surface area contributed by atoms with Crippen LogP contribution in [0.2, 0.25) is 0 Å². The molecular weight excluding hydrogens is 336 g/mol. The van der Waals surface area contributed by atoms with E-state index >= 15 is 0 Å². The predicted molar refractivity (Wildman–Crippen MR) is 86.6 cm³/mol. The molecule has 2 atom stereocenters. The summed E-state index contributed by atoms with van der Waals surface area (Å²) >= 11 is 4.91. The molecular formula is C15H17BrN2OS. The first-order chi connectivity index (χ1) is 9.61. The quantitative estimate of drug-likeness (QED) is 0.860. The highest BCUT2D eigenvalue weighted by molar-refractivity contribution is 9.10. The number of nitrogens with one attached hydrogen (secondary N) is 1. The van der Waals surface area contributed by atoms with E-state index in [0.29, 0.717) is 0 Å². The molecule has 0 aliphatic carbocycles. The van der Waals surface area contributed by atoms with E-state index in [4.69, 9.17) is 5.73 Å². The number of amides is 1. The standard InChI is InChI=1S/C15H17BrN2OS/c1-2-12(10-5-7-11(16)8-6-10)18-15(19)14(17)13-4-3-9-20-13/h3-9,12,14H,2,17H2,1H3,(H,18,19). The van der Waals surface area contributed by atoms with Crippen LogP contribution in [0.25, 0.3) is 0 Å². The molecule has 3 nitrogen and oxygen atoms in total. The topological polar surface area (TPSA) is 55.1 Å². The largest absolute Gasteiger partial charge is 0.348 e. The molecule has 2 unspecified atom stereocenters. The molecule has 0 bridgehead atoms. The van der Waals surface area contributed by atoms with Crippen molar-refractivity contribution < 1.29 is 4.79 Å². The van der Waals surface area contributed by atoms with Gasteiger partial charge in [-0.2, -0.15) is 0 Å². The van der Waals surface area contributed by atoms with Gasteiger partial charge in [-0.05, 0) is 35.6 Å². The Morgan fingerprint density at radius 3 is 2.60 bits per heavy atom. The van der Waals surface area contributed by atoms with Crippen LogP contribution >= 0.6 is 27.3 Å². The minimum atomic E-state index is -0.598. The Morgan fingerprint density at radius 1 is 1.35 bits per heavy atom. The van der Waals surface area contributed by atoms with E-state index in [1.54, 1.807) is 0 Å². The molecule has 3 N–H and O–H groups in total. The maximum atomic E-state index is 12.2.